The molecule has 0 saturated carbocycles. The summed E-state index contributed by atoms with van der Waals surface area (Å²) in [5, 5.41) is 14.2. The van der Waals surface area contributed by atoms with Gasteiger partial charge in [0.1, 0.15) is 5.69 Å². The number of Topliss-reactive ketones (excluding diaryl/α,β-unsaturated/α-hetero) is 1. The Morgan fingerprint density at radius 1 is 1.26 bits per heavy atom. The van der Waals surface area contributed by atoms with Crippen molar-refractivity contribution in [2.75, 3.05) is 33.8 Å². The van der Waals surface area contributed by atoms with E-state index in [1.54, 1.807) is 45.0 Å². The Labute approximate surface area is 204 Å². The molecule has 34 heavy (non-hydrogen) atoms. The number of esters is 1. The minimum absolute atomic E-state index is 0.134. The summed E-state index contributed by atoms with van der Waals surface area (Å²) in [7, 11) is 4.01. The minimum Gasteiger partial charge on any atom is -0.872 e. The molecule has 1 aliphatic heterocycles. The third kappa shape index (κ3) is 4.88. The van der Waals surface area contributed by atoms with Crippen LogP contribution in [-0.4, -0.2) is 61.3 Å². The van der Waals surface area contributed by atoms with Gasteiger partial charge in [0.2, 0.25) is 5.78 Å². The number of aryl methyl sites for hydroxylation is 1. The van der Waals surface area contributed by atoms with Crippen LogP contribution in [0.3, 0.4) is 0 Å². The second kappa shape index (κ2) is 10.4. The van der Waals surface area contributed by atoms with Gasteiger partial charge in [-0.25, -0.2) is 4.79 Å². The highest BCUT2D eigenvalue weighted by Crippen LogP contribution is 2.40. The van der Waals surface area contributed by atoms with E-state index in [4.69, 9.17) is 16.3 Å². The molecule has 1 aromatic heterocycles. The molecular weight excluding hydrogens is 458 g/mol. The number of halogens is 1. The maximum atomic E-state index is 13.8. The third-order valence-electron chi connectivity index (χ3n) is 5.91. The van der Waals surface area contributed by atoms with E-state index < -0.39 is 29.5 Å². The lowest BCUT2D eigenvalue weighted by Crippen LogP contribution is -3.05. The SMILES string of the molecule is CCOC(=O)c1[nH]c(C)c(/C([O-])=C2\C(=O)C(=O)N(CCC[NH+](C)C)C2c2cccc(Cl)c2)c1C. The van der Waals surface area contributed by atoms with Gasteiger partial charge in [0.15, 0.2) is 0 Å². The first-order chi connectivity index (χ1) is 16.1. The van der Waals surface area contributed by atoms with Gasteiger partial charge in [-0.1, -0.05) is 29.5 Å². The highest BCUT2D eigenvalue weighted by molar-refractivity contribution is 6.46. The van der Waals surface area contributed by atoms with Crippen molar-refractivity contribution in [2.45, 2.75) is 33.2 Å². The van der Waals surface area contributed by atoms with Crippen LogP contribution in [0.4, 0.5) is 0 Å². The van der Waals surface area contributed by atoms with Crippen LogP contribution in [0.25, 0.3) is 5.76 Å². The Balaban J connectivity index is 2.16. The largest absolute Gasteiger partial charge is 0.872 e. The molecule has 2 heterocycles. The molecule has 1 aromatic carbocycles. The van der Waals surface area contributed by atoms with Crippen LogP contribution in [-0.2, 0) is 14.3 Å². The molecule has 0 aliphatic carbocycles. The van der Waals surface area contributed by atoms with Crippen LogP contribution in [0.15, 0.2) is 29.8 Å². The van der Waals surface area contributed by atoms with Crippen molar-refractivity contribution in [3.8, 4) is 0 Å². The second-order valence-corrected chi connectivity index (χ2v) is 9.12. The number of nitrogens with one attached hydrogen (secondary N) is 2. The molecule has 1 aliphatic rings. The van der Waals surface area contributed by atoms with Crippen LogP contribution >= 0.6 is 11.6 Å². The van der Waals surface area contributed by atoms with Crippen LogP contribution in [0.1, 0.15) is 52.3 Å². The van der Waals surface area contributed by atoms with Crippen molar-refractivity contribution in [3.05, 3.63) is 62.9 Å². The van der Waals surface area contributed by atoms with Gasteiger partial charge in [-0.2, -0.15) is 0 Å². The summed E-state index contributed by atoms with van der Waals surface area (Å²) >= 11 is 6.21. The molecule has 2 aromatic rings. The Morgan fingerprint density at radius 3 is 2.59 bits per heavy atom. The van der Waals surface area contributed by atoms with Crippen molar-refractivity contribution in [3.63, 3.8) is 0 Å². The van der Waals surface area contributed by atoms with E-state index in [1.807, 2.05) is 14.1 Å². The Hall–Kier alpha value is -3.10. The fourth-order valence-corrected chi connectivity index (χ4v) is 4.56. The summed E-state index contributed by atoms with van der Waals surface area (Å²) in [6, 6.07) is 5.97. The summed E-state index contributed by atoms with van der Waals surface area (Å²) in [6.45, 7) is 6.26. The molecule has 1 amide bonds. The number of benzene rings is 1. The van der Waals surface area contributed by atoms with Gasteiger partial charge in [-0.3, -0.25) is 9.59 Å². The van der Waals surface area contributed by atoms with Gasteiger partial charge >= 0.3 is 5.97 Å². The Morgan fingerprint density at radius 2 is 1.97 bits per heavy atom. The molecule has 9 heteroatoms. The van der Waals surface area contributed by atoms with Gasteiger partial charge in [-0.05, 0) is 49.6 Å². The third-order valence-corrected chi connectivity index (χ3v) is 6.15. The maximum Gasteiger partial charge on any atom is 0.355 e. The van der Waals surface area contributed by atoms with Crippen molar-refractivity contribution in [2.24, 2.45) is 0 Å². The number of rotatable bonds is 8. The summed E-state index contributed by atoms with van der Waals surface area (Å²) in [5.74, 6) is -2.70. The number of H-pyrrole nitrogens is 1. The van der Waals surface area contributed by atoms with Gasteiger partial charge in [-0.15, -0.1) is 0 Å². The molecule has 0 bridgehead atoms. The Kier molecular flexibility index (Phi) is 7.84. The summed E-state index contributed by atoms with van der Waals surface area (Å²) in [5.41, 5.74) is 1.62. The number of quaternary nitrogens is 1. The Bertz CT molecular complexity index is 1150. The molecule has 1 fully saturated rings. The molecule has 1 atom stereocenters. The number of nitrogens with zero attached hydrogens (tertiary/aromatic N) is 1. The first kappa shape index (κ1) is 25.5. The minimum atomic E-state index is -0.858. The average molecular weight is 488 g/mol. The number of aromatic amines is 1. The molecule has 1 unspecified atom stereocenters. The topological polar surface area (TPSA) is 107 Å². The number of aromatic nitrogens is 1. The normalized spacial score (nSPS) is 17.6. The number of ketones is 1. The van der Waals surface area contributed by atoms with E-state index >= 15 is 0 Å². The van der Waals surface area contributed by atoms with E-state index in [9.17, 15) is 19.5 Å². The molecule has 3 rings (SSSR count). The zero-order chi connectivity index (χ0) is 25.2. The number of amides is 1. The summed E-state index contributed by atoms with van der Waals surface area (Å²) in [4.78, 5) is 44.1. The maximum absolute atomic E-state index is 13.8. The van der Waals surface area contributed by atoms with E-state index in [0.29, 0.717) is 34.8 Å². The summed E-state index contributed by atoms with van der Waals surface area (Å²) < 4.78 is 5.07. The fraction of sp³-hybridized carbons (Fsp3) is 0.400. The number of hydrogen-bond acceptors (Lipinski definition) is 5. The van der Waals surface area contributed by atoms with E-state index in [0.717, 1.165) is 6.54 Å². The van der Waals surface area contributed by atoms with E-state index in [2.05, 4.69) is 4.98 Å². The van der Waals surface area contributed by atoms with Crippen LogP contribution < -0.4 is 10.0 Å². The van der Waals surface area contributed by atoms with Gasteiger partial charge < -0.3 is 24.6 Å². The predicted molar refractivity (Wildman–Crippen MR) is 126 cm³/mol. The number of carbonyl (C=O) groups excluding carboxylic acids is 3. The first-order valence-electron chi connectivity index (χ1n) is 11.3. The van der Waals surface area contributed by atoms with Gasteiger partial charge in [0.25, 0.3) is 5.91 Å². The monoisotopic (exact) mass is 487 g/mol. The van der Waals surface area contributed by atoms with E-state index in [1.165, 1.54) is 9.80 Å². The van der Waals surface area contributed by atoms with Crippen molar-refractivity contribution < 1.29 is 29.1 Å². The summed E-state index contributed by atoms with van der Waals surface area (Å²) in [6.07, 6.45) is 0.662. The zero-order valence-electron chi connectivity index (χ0n) is 20.1. The van der Waals surface area contributed by atoms with E-state index in [-0.39, 0.29) is 23.4 Å². The fourth-order valence-electron chi connectivity index (χ4n) is 4.36. The molecule has 2 N–H and O–H groups in total. The standard InChI is InChI=1S/C25H30ClN3O5/c1-6-34-25(33)20-14(2)18(15(3)27-20)22(30)19-21(16-9-7-10-17(26)13-16)29(24(32)23(19)31)12-8-11-28(4)5/h7,9-10,13,21,27,30H,6,8,11-12H2,1-5H3/b22-19+. The first-order valence-corrected chi connectivity index (χ1v) is 11.6. The lowest BCUT2D eigenvalue weighted by Gasteiger charge is -2.28. The van der Waals surface area contributed by atoms with Crippen molar-refractivity contribution in [1.82, 2.24) is 9.88 Å². The molecule has 0 radical (unpaired) electrons. The zero-order valence-corrected chi connectivity index (χ0v) is 20.8. The molecule has 0 spiro atoms. The van der Waals surface area contributed by atoms with Crippen LogP contribution in [0.2, 0.25) is 5.02 Å². The number of carbonyl (C=O) groups is 3. The molecule has 1 saturated heterocycles. The van der Waals surface area contributed by atoms with Gasteiger partial charge in [0, 0.05) is 29.3 Å². The van der Waals surface area contributed by atoms with Crippen molar-refractivity contribution in [1.29, 1.82) is 0 Å². The predicted octanol–water partition coefficient (Wildman–Crippen LogP) is 1.22. The highest BCUT2D eigenvalue weighted by atomic mass is 35.5. The smallest absolute Gasteiger partial charge is 0.355 e. The number of likely N-dealkylation sites (tertiary alicyclic amines) is 1. The average Bonchev–Trinajstić information content (AvgIpc) is 3.21. The molecule has 8 nitrogen and oxygen atoms in total. The molecular formula is C25H30ClN3O5. The second-order valence-electron chi connectivity index (χ2n) is 8.68. The lowest BCUT2D eigenvalue weighted by molar-refractivity contribution is -0.858. The van der Waals surface area contributed by atoms with Crippen LogP contribution in [0, 0.1) is 13.8 Å². The molecule has 182 valence electrons. The van der Waals surface area contributed by atoms with Crippen LogP contribution in [0.5, 0.6) is 0 Å². The number of hydrogen-bond donors (Lipinski definition) is 2. The lowest BCUT2D eigenvalue weighted by atomic mass is 9.94. The highest BCUT2D eigenvalue weighted by Gasteiger charge is 2.44. The number of ether oxygens (including phenoxy) is 1. The van der Waals surface area contributed by atoms with Crippen molar-refractivity contribution >= 4 is 35.0 Å². The quantitative estimate of drug-likeness (QED) is 0.252. The van der Waals surface area contributed by atoms with Gasteiger partial charge in [0.05, 0.1) is 33.3 Å².